The van der Waals surface area contributed by atoms with Crippen LogP contribution in [0.3, 0.4) is 0 Å². The monoisotopic (exact) mass is 167 g/mol. The molecule has 0 fully saturated rings. The summed E-state index contributed by atoms with van der Waals surface area (Å²) in [5, 5.41) is 0. The fraction of sp³-hybridized carbons (Fsp3) is 0.727. The molecule has 0 aliphatic heterocycles. The van der Waals surface area contributed by atoms with Crippen molar-refractivity contribution in [2.24, 2.45) is 11.8 Å². The molecule has 0 saturated heterocycles. The molecule has 1 rings (SSSR count). The summed E-state index contributed by atoms with van der Waals surface area (Å²) in [5.74, 6) is 1.49. The third-order valence-electron chi connectivity index (χ3n) is 2.72. The predicted molar refractivity (Wildman–Crippen MR) is 51.8 cm³/mol. The first-order chi connectivity index (χ1) is 5.74. The van der Waals surface area contributed by atoms with Gasteiger partial charge in [0.1, 0.15) is 0 Å². The van der Waals surface area contributed by atoms with E-state index in [9.17, 15) is 0 Å². The molecule has 0 heterocycles. The van der Waals surface area contributed by atoms with Crippen molar-refractivity contribution < 1.29 is 4.74 Å². The first-order valence-electron chi connectivity index (χ1n) is 4.73. The highest BCUT2D eigenvalue weighted by molar-refractivity contribution is 5.14. The van der Waals surface area contributed by atoms with Crippen molar-refractivity contribution in [3.63, 3.8) is 0 Å². The van der Waals surface area contributed by atoms with Gasteiger partial charge in [-0.15, -0.1) is 0 Å². The van der Waals surface area contributed by atoms with Gasteiger partial charge in [0, 0.05) is 13.7 Å². The Morgan fingerprint density at radius 3 is 2.83 bits per heavy atom. The number of hydrogen-bond donors (Lipinski definition) is 0. The Bertz CT molecular complexity index is 160. The molecule has 0 bridgehead atoms. The maximum atomic E-state index is 5.15. The van der Waals surface area contributed by atoms with Crippen LogP contribution in [0.15, 0.2) is 11.6 Å². The van der Waals surface area contributed by atoms with Gasteiger partial charge in [-0.25, -0.2) is 0 Å². The Labute approximate surface area is 75.8 Å². The molecule has 0 aromatic rings. The van der Waals surface area contributed by atoms with Crippen LogP contribution >= 0.6 is 0 Å². The maximum absolute atomic E-state index is 5.15. The van der Waals surface area contributed by atoms with Crippen LogP contribution in [0.1, 0.15) is 26.7 Å². The van der Waals surface area contributed by atoms with Crippen LogP contribution in [-0.2, 0) is 4.74 Å². The van der Waals surface area contributed by atoms with E-state index in [2.05, 4.69) is 26.3 Å². The molecule has 1 aliphatic carbocycles. The van der Waals surface area contributed by atoms with Crippen LogP contribution in [0.25, 0.3) is 0 Å². The van der Waals surface area contributed by atoms with E-state index in [-0.39, 0.29) is 0 Å². The second kappa shape index (κ2) is 4.66. The second-order valence-corrected chi connectivity index (χ2v) is 3.82. The molecule has 2 atom stereocenters. The Balaban J connectivity index is 2.34. The standard InChI is InChI=1S/C11H19O/c1-9-4-6-11(7-5-9)10(2)8-12-3/h4-5,10-11H,6-8H2,1-3H3. The Kier molecular flexibility index (Phi) is 3.80. The maximum Gasteiger partial charge on any atom is 0.0490 e. The molecule has 69 valence electrons. The molecule has 1 aliphatic rings. The average Bonchev–Trinajstić information content (AvgIpc) is 2.06. The molecule has 0 saturated carbocycles. The molecule has 0 spiro atoms. The Morgan fingerprint density at radius 2 is 2.33 bits per heavy atom. The minimum absolute atomic E-state index is 0.690. The third kappa shape index (κ3) is 2.63. The summed E-state index contributed by atoms with van der Waals surface area (Å²) >= 11 is 0. The fourth-order valence-electron chi connectivity index (χ4n) is 1.72. The SMILES string of the molecule is COCC(C)C1C[CH]C(C)=CC1. The zero-order valence-electron chi connectivity index (χ0n) is 8.34. The Hall–Kier alpha value is -0.300. The van der Waals surface area contributed by atoms with Gasteiger partial charge in [0.05, 0.1) is 0 Å². The van der Waals surface area contributed by atoms with Gasteiger partial charge < -0.3 is 4.74 Å². The van der Waals surface area contributed by atoms with Crippen LogP contribution in [0.4, 0.5) is 0 Å². The van der Waals surface area contributed by atoms with Gasteiger partial charge in [0.2, 0.25) is 0 Å². The molecule has 1 radical (unpaired) electrons. The molecular weight excluding hydrogens is 148 g/mol. The van der Waals surface area contributed by atoms with Gasteiger partial charge in [-0.1, -0.05) is 18.6 Å². The molecule has 1 nitrogen and oxygen atoms in total. The summed E-state index contributed by atoms with van der Waals surface area (Å²) in [6.07, 6.45) is 7.13. The minimum Gasteiger partial charge on any atom is -0.384 e. The van der Waals surface area contributed by atoms with Crippen molar-refractivity contribution in [1.29, 1.82) is 0 Å². The van der Waals surface area contributed by atoms with Crippen LogP contribution in [0.2, 0.25) is 0 Å². The van der Waals surface area contributed by atoms with Gasteiger partial charge in [-0.05, 0) is 38.0 Å². The van der Waals surface area contributed by atoms with Crippen molar-refractivity contribution in [3.8, 4) is 0 Å². The summed E-state index contributed by atoms with van der Waals surface area (Å²) in [6, 6.07) is 0. The van der Waals surface area contributed by atoms with E-state index in [4.69, 9.17) is 4.74 Å². The van der Waals surface area contributed by atoms with E-state index < -0.39 is 0 Å². The highest BCUT2D eigenvalue weighted by Gasteiger charge is 2.18. The normalized spacial score (nSPS) is 26.6. The highest BCUT2D eigenvalue weighted by atomic mass is 16.5. The third-order valence-corrected chi connectivity index (χ3v) is 2.72. The van der Waals surface area contributed by atoms with Crippen molar-refractivity contribution in [3.05, 3.63) is 18.1 Å². The fourth-order valence-corrected chi connectivity index (χ4v) is 1.72. The van der Waals surface area contributed by atoms with Gasteiger partial charge in [0.15, 0.2) is 0 Å². The van der Waals surface area contributed by atoms with E-state index in [1.165, 1.54) is 18.4 Å². The molecule has 1 heteroatoms. The number of methoxy groups -OCH3 is 1. The van der Waals surface area contributed by atoms with E-state index in [1.807, 2.05) is 0 Å². The van der Waals surface area contributed by atoms with Crippen molar-refractivity contribution in [2.75, 3.05) is 13.7 Å². The number of rotatable bonds is 3. The lowest BCUT2D eigenvalue weighted by atomic mass is 9.82. The van der Waals surface area contributed by atoms with Crippen molar-refractivity contribution >= 4 is 0 Å². The lowest BCUT2D eigenvalue weighted by Gasteiger charge is -2.25. The van der Waals surface area contributed by atoms with E-state index in [1.54, 1.807) is 7.11 Å². The zero-order valence-corrected chi connectivity index (χ0v) is 8.34. The molecule has 2 unspecified atom stereocenters. The Morgan fingerprint density at radius 1 is 1.58 bits per heavy atom. The highest BCUT2D eigenvalue weighted by Crippen LogP contribution is 2.28. The first kappa shape index (κ1) is 9.79. The average molecular weight is 167 g/mol. The van der Waals surface area contributed by atoms with Gasteiger partial charge in [-0.3, -0.25) is 0 Å². The topological polar surface area (TPSA) is 9.23 Å². The molecule has 0 aromatic heterocycles. The van der Waals surface area contributed by atoms with Crippen molar-refractivity contribution in [1.82, 2.24) is 0 Å². The largest absolute Gasteiger partial charge is 0.384 e. The van der Waals surface area contributed by atoms with Crippen molar-refractivity contribution in [2.45, 2.75) is 26.7 Å². The van der Waals surface area contributed by atoms with E-state index in [0.29, 0.717) is 5.92 Å². The summed E-state index contributed by atoms with van der Waals surface area (Å²) in [4.78, 5) is 0. The van der Waals surface area contributed by atoms with Gasteiger partial charge in [-0.2, -0.15) is 0 Å². The van der Waals surface area contributed by atoms with Crippen LogP contribution in [0, 0.1) is 18.3 Å². The second-order valence-electron chi connectivity index (χ2n) is 3.82. The van der Waals surface area contributed by atoms with Gasteiger partial charge >= 0.3 is 0 Å². The summed E-state index contributed by atoms with van der Waals surface area (Å²) in [7, 11) is 1.78. The minimum atomic E-state index is 0.690. The molecule has 0 amide bonds. The smallest absolute Gasteiger partial charge is 0.0490 e. The predicted octanol–water partition coefficient (Wildman–Crippen LogP) is 2.83. The quantitative estimate of drug-likeness (QED) is 0.628. The molecule has 12 heavy (non-hydrogen) atoms. The molecular formula is C11H19O. The lowest BCUT2D eigenvalue weighted by molar-refractivity contribution is 0.128. The lowest BCUT2D eigenvalue weighted by Crippen LogP contribution is -2.18. The number of allylic oxidation sites excluding steroid dienone is 2. The number of hydrogen-bond acceptors (Lipinski definition) is 1. The summed E-state index contributed by atoms with van der Waals surface area (Å²) in [5.41, 5.74) is 1.44. The first-order valence-corrected chi connectivity index (χ1v) is 4.73. The van der Waals surface area contributed by atoms with Gasteiger partial charge in [0.25, 0.3) is 0 Å². The van der Waals surface area contributed by atoms with Crippen LogP contribution in [0.5, 0.6) is 0 Å². The number of ether oxygens (including phenoxy) is 1. The molecule has 0 aromatic carbocycles. The summed E-state index contributed by atoms with van der Waals surface area (Å²) < 4.78 is 5.15. The molecule has 0 N–H and O–H groups in total. The van der Waals surface area contributed by atoms with E-state index >= 15 is 0 Å². The van der Waals surface area contributed by atoms with E-state index in [0.717, 1.165) is 12.5 Å². The summed E-state index contributed by atoms with van der Waals surface area (Å²) in [6.45, 7) is 5.35. The zero-order chi connectivity index (χ0) is 8.97. The van der Waals surface area contributed by atoms with Crippen LogP contribution < -0.4 is 0 Å². The van der Waals surface area contributed by atoms with Crippen LogP contribution in [-0.4, -0.2) is 13.7 Å².